The fourth-order valence-corrected chi connectivity index (χ4v) is 4.17. The SMILES string of the molecule is COc1ccc(N2C[C@@H](C(=O)N[C@H](C(=O)N3CCC[C@H]3CO)C(C)C)CC2=O)cc1. The van der Waals surface area contributed by atoms with Crippen molar-refractivity contribution in [2.75, 3.05) is 31.7 Å². The van der Waals surface area contributed by atoms with Crippen LogP contribution in [0.4, 0.5) is 5.69 Å². The summed E-state index contributed by atoms with van der Waals surface area (Å²) in [5.74, 6) is -0.483. The first-order valence-electron chi connectivity index (χ1n) is 10.5. The smallest absolute Gasteiger partial charge is 0.245 e. The molecule has 2 aliphatic heterocycles. The molecule has 30 heavy (non-hydrogen) atoms. The third kappa shape index (κ3) is 4.59. The van der Waals surface area contributed by atoms with Crippen molar-refractivity contribution in [2.45, 2.75) is 45.2 Å². The number of methoxy groups -OCH3 is 1. The number of nitrogens with one attached hydrogen (secondary N) is 1. The van der Waals surface area contributed by atoms with E-state index >= 15 is 0 Å². The fourth-order valence-electron chi connectivity index (χ4n) is 4.17. The van der Waals surface area contributed by atoms with Crippen LogP contribution < -0.4 is 15.0 Å². The van der Waals surface area contributed by atoms with Gasteiger partial charge in [0.25, 0.3) is 0 Å². The molecular formula is C22H31N3O5. The molecule has 0 bridgehead atoms. The minimum atomic E-state index is -0.671. The van der Waals surface area contributed by atoms with Gasteiger partial charge in [-0.05, 0) is 43.0 Å². The summed E-state index contributed by atoms with van der Waals surface area (Å²) in [7, 11) is 1.58. The largest absolute Gasteiger partial charge is 0.497 e. The van der Waals surface area contributed by atoms with Crippen molar-refractivity contribution in [2.24, 2.45) is 11.8 Å². The van der Waals surface area contributed by atoms with E-state index < -0.39 is 12.0 Å². The first-order chi connectivity index (χ1) is 14.3. The van der Waals surface area contributed by atoms with Crippen LogP contribution in [0.15, 0.2) is 24.3 Å². The van der Waals surface area contributed by atoms with Crippen molar-refractivity contribution >= 4 is 23.4 Å². The lowest BCUT2D eigenvalue weighted by Crippen LogP contribution is -2.54. The Labute approximate surface area is 177 Å². The summed E-state index contributed by atoms with van der Waals surface area (Å²) in [4.78, 5) is 41.7. The van der Waals surface area contributed by atoms with Gasteiger partial charge >= 0.3 is 0 Å². The first kappa shape index (κ1) is 22.1. The standard InChI is InChI=1S/C22H31N3O5/c1-14(2)20(22(29)24-10-4-5-17(24)13-26)23-21(28)15-11-19(27)25(12-15)16-6-8-18(30-3)9-7-16/h6-9,14-15,17,20,26H,4-5,10-13H2,1-3H3,(H,23,28)/t15-,17-,20-/m0/s1. The number of carbonyl (C=O) groups excluding carboxylic acids is 3. The number of benzene rings is 1. The van der Waals surface area contributed by atoms with Crippen LogP contribution in [0.25, 0.3) is 0 Å². The predicted molar refractivity (Wildman–Crippen MR) is 112 cm³/mol. The maximum Gasteiger partial charge on any atom is 0.245 e. The Hall–Kier alpha value is -2.61. The maximum atomic E-state index is 13.0. The molecule has 3 atom stereocenters. The number of aliphatic hydroxyl groups is 1. The highest BCUT2D eigenvalue weighted by Gasteiger charge is 2.39. The molecule has 164 valence electrons. The van der Waals surface area contributed by atoms with Gasteiger partial charge in [-0.1, -0.05) is 13.8 Å². The van der Waals surface area contributed by atoms with Gasteiger partial charge < -0.3 is 25.0 Å². The van der Waals surface area contributed by atoms with Crippen molar-refractivity contribution < 1.29 is 24.2 Å². The number of rotatable bonds is 7. The summed E-state index contributed by atoms with van der Waals surface area (Å²) in [5.41, 5.74) is 0.718. The summed E-state index contributed by atoms with van der Waals surface area (Å²) in [6.07, 6.45) is 1.73. The van der Waals surface area contributed by atoms with Gasteiger partial charge in [0.15, 0.2) is 0 Å². The highest BCUT2D eigenvalue weighted by Crippen LogP contribution is 2.27. The third-order valence-corrected chi connectivity index (χ3v) is 5.98. The number of likely N-dealkylation sites (tertiary alicyclic amines) is 1. The molecule has 8 nitrogen and oxygen atoms in total. The summed E-state index contributed by atoms with van der Waals surface area (Å²) in [6.45, 7) is 4.57. The Bertz CT molecular complexity index is 779. The summed E-state index contributed by atoms with van der Waals surface area (Å²) in [5, 5.41) is 12.4. The van der Waals surface area contributed by atoms with Gasteiger partial charge in [-0.2, -0.15) is 0 Å². The predicted octanol–water partition coefficient (Wildman–Crippen LogP) is 1.17. The Morgan fingerprint density at radius 3 is 2.57 bits per heavy atom. The molecule has 0 saturated carbocycles. The molecule has 8 heteroatoms. The molecule has 2 saturated heterocycles. The Morgan fingerprint density at radius 1 is 1.27 bits per heavy atom. The summed E-state index contributed by atoms with van der Waals surface area (Å²) in [6, 6.07) is 6.28. The molecule has 1 aromatic carbocycles. The number of hydrogen-bond donors (Lipinski definition) is 2. The first-order valence-corrected chi connectivity index (χ1v) is 10.5. The van der Waals surface area contributed by atoms with E-state index in [1.54, 1.807) is 41.2 Å². The highest BCUT2D eigenvalue weighted by molar-refractivity contribution is 6.01. The van der Waals surface area contributed by atoms with Gasteiger partial charge in [-0.3, -0.25) is 14.4 Å². The van der Waals surface area contributed by atoms with E-state index in [1.807, 2.05) is 13.8 Å². The van der Waals surface area contributed by atoms with Gasteiger partial charge in [-0.25, -0.2) is 0 Å². The molecule has 2 aliphatic rings. The molecule has 2 heterocycles. The average molecular weight is 418 g/mol. The molecule has 2 fully saturated rings. The lowest BCUT2D eigenvalue weighted by molar-refractivity contribution is -0.139. The third-order valence-electron chi connectivity index (χ3n) is 5.98. The zero-order chi connectivity index (χ0) is 21.8. The van der Waals surface area contributed by atoms with Crippen LogP contribution >= 0.6 is 0 Å². The molecule has 0 aromatic heterocycles. The molecule has 0 spiro atoms. The zero-order valence-electron chi connectivity index (χ0n) is 17.8. The number of nitrogens with zero attached hydrogens (tertiary/aromatic N) is 2. The van der Waals surface area contributed by atoms with Crippen LogP contribution in [-0.2, 0) is 14.4 Å². The second kappa shape index (κ2) is 9.47. The summed E-state index contributed by atoms with van der Waals surface area (Å²) < 4.78 is 5.15. The second-order valence-electron chi connectivity index (χ2n) is 8.34. The van der Waals surface area contributed by atoms with E-state index in [-0.39, 0.29) is 49.3 Å². The van der Waals surface area contributed by atoms with Gasteiger partial charge in [0.05, 0.1) is 25.7 Å². The monoisotopic (exact) mass is 417 g/mol. The van der Waals surface area contributed by atoms with Crippen LogP contribution in [0.1, 0.15) is 33.1 Å². The van der Waals surface area contributed by atoms with E-state index in [4.69, 9.17) is 4.74 Å². The van der Waals surface area contributed by atoms with Crippen molar-refractivity contribution in [1.29, 1.82) is 0 Å². The minimum absolute atomic E-state index is 0.0710. The van der Waals surface area contributed by atoms with E-state index in [0.29, 0.717) is 12.3 Å². The number of ether oxygens (including phenoxy) is 1. The Kier molecular flexibility index (Phi) is 6.97. The lowest BCUT2D eigenvalue weighted by Gasteiger charge is -2.31. The Morgan fingerprint density at radius 2 is 1.97 bits per heavy atom. The summed E-state index contributed by atoms with van der Waals surface area (Å²) >= 11 is 0. The zero-order valence-corrected chi connectivity index (χ0v) is 17.8. The number of hydrogen-bond acceptors (Lipinski definition) is 5. The molecule has 3 rings (SSSR count). The van der Waals surface area contributed by atoms with Crippen molar-refractivity contribution in [3.8, 4) is 5.75 Å². The van der Waals surface area contributed by atoms with Gasteiger partial charge in [0, 0.05) is 25.2 Å². The topological polar surface area (TPSA) is 99.2 Å². The number of anilines is 1. The van der Waals surface area contributed by atoms with E-state index in [2.05, 4.69) is 5.32 Å². The lowest BCUT2D eigenvalue weighted by atomic mass is 10.00. The van der Waals surface area contributed by atoms with Crippen LogP contribution in [0.2, 0.25) is 0 Å². The van der Waals surface area contributed by atoms with Crippen molar-refractivity contribution in [3.63, 3.8) is 0 Å². The van der Waals surface area contributed by atoms with E-state index in [0.717, 1.165) is 18.5 Å². The average Bonchev–Trinajstić information content (AvgIpc) is 3.37. The minimum Gasteiger partial charge on any atom is -0.497 e. The van der Waals surface area contributed by atoms with E-state index in [1.165, 1.54) is 0 Å². The molecule has 0 aliphatic carbocycles. The quantitative estimate of drug-likeness (QED) is 0.694. The molecule has 2 N–H and O–H groups in total. The van der Waals surface area contributed by atoms with Crippen molar-refractivity contribution in [3.05, 3.63) is 24.3 Å². The maximum absolute atomic E-state index is 13.0. The van der Waals surface area contributed by atoms with Gasteiger partial charge in [-0.15, -0.1) is 0 Å². The molecule has 1 aromatic rings. The molecule has 3 amide bonds. The van der Waals surface area contributed by atoms with E-state index in [9.17, 15) is 19.5 Å². The van der Waals surface area contributed by atoms with Crippen LogP contribution in [0, 0.1) is 11.8 Å². The number of amides is 3. The number of carbonyl (C=O) groups is 3. The van der Waals surface area contributed by atoms with Crippen LogP contribution in [0.5, 0.6) is 5.75 Å². The van der Waals surface area contributed by atoms with Crippen LogP contribution in [-0.4, -0.2) is 66.6 Å². The molecule has 0 radical (unpaired) electrons. The number of aliphatic hydroxyl groups excluding tert-OH is 1. The molecule has 0 unspecified atom stereocenters. The second-order valence-corrected chi connectivity index (χ2v) is 8.34. The van der Waals surface area contributed by atoms with Gasteiger partial charge in [0.1, 0.15) is 11.8 Å². The fraction of sp³-hybridized carbons (Fsp3) is 0.591. The Balaban J connectivity index is 1.66. The highest BCUT2D eigenvalue weighted by atomic mass is 16.5. The molecular weight excluding hydrogens is 386 g/mol. The van der Waals surface area contributed by atoms with Crippen molar-refractivity contribution in [1.82, 2.24) is 10.2 Å². The van der Waals surface area contributed by atoms with Crippen LogP contribution in [0.3, 0.4) is 0 Å². The van der Waals surface area contributed by atoms with Gasteiger partial charge in [0.2, 0.25) is 17.7 Å². The normalized spacial score (nSPS) is 22.5.